The summed E-state index contributed by atoms with van der Waals surface area (Å²) in [5.41, 5.74) is 5.36. The lowest BCUT2D eigenvalue weighted by Gasteiger charge is -2.14. The third-order valence-electron chi connectivity index (χ3n) is 6.40. The Morgan fingerprint density at radius 3 is 2.38 bits per heavy atom. The zero-order chi connectivity index (χ0) is 30.2. The standard InChI is InChI=1S/C33H27Cl2IN2O4/c1-20-4-5-22(12-21(20)2)18-42-32-30(36)14-23(15-31(32)40-3)13-25(17-37)33(39)38-27-8-10-28(11-9-27)41-19-24-6-7-26(34)16-29(24)35/h4-16H,18-19H2,1-3H3,(H,38,39)/b25-13+. The number of carbonyl (C=O) groups is 1. The Hall–Kier alpha value is -3.71. The molecule has 0 fully saturated rings. The molecule has 0 aliphatic rings. The number of methoxy groups -OCH3 is 1. The normalized spacial score (nSPS) is 11.0. The molecular formula is C33H27Cl2IN2O4. The molecular weight excluding hydrogens is 686 g/mol. The molecule has 0 unspecified atom stereocenters. The van der Waals surface area contributed by atoms with Crippen LogP contribution in [-0.2, 0) is 18.0 Å². The molecule has 1 amide bonds. The average molecular weight is 713 g/mol. The van der Waals surface area contributed by atoms with E-state index in [2.05, 4.69) is 53.9 Å². The van der Waals surface area contributed by atoms with Crippen molar-refractivity contribution in [1.82, 2.24) is 0 Å². The number of nitrogens with one attached hydrogen (secondary N) is 1. The third kappa shape index (κ3) is 8.19. The lowest BCUT2D eigenvalue weighted by molar-refractivity contribution is -0.112. The number of hydrogen-bond acceptors (Lipinski definition) is 5. The molecule has 0 aliphatic carbocycles. The Morgan fingerprint density at radius 2 is 1.71 bits per heavy atom. The zero-order valence-corrected chi connectivity index (χ0v) is 26.8. The molecule has 0 saturated carbocycles. The van der Waals surface area contributed by atoms with E-state index < -0.39 is 5.91 Å². The minimum atomic E-state index is -0.539. The number of rotatable bonds is 10. The summed E-state index contributed by atoms with van der Waals surface area (Å²) >= 11 is 14.3. The van der Waals surface area contributed by atoms with Gasteiger partial charge in [-0.3, -0.25) is 4.79 Å². The predicted octanol–water partition coefficient (Wildman–Crippen LogP) is 8.93. The average Bonchev–Trinajstić information content (AvgIpc) is 2.97. The lowest BCUT2D eigenvalue weighted by atomic mass is 10.1. The maximum atomic E-state index is 12.9. The largest absolute Gasteiger partial charge is 0.493 e. The van der Waals surface area contributed by atoms with E-state index in [4.69, 9.17) is 37.4 Å². The summed E-state index contributed by atoms with van der Waals surface area (Å²) in [5.74, 6) is 1.15. The van der Waals surface area contributed by atoms with Crippen molar-refractivity contribution in [3.63, 3.8) is 0 Å². The molecule has 4 aromatic rings. The van der Waals surface area contributed by atoms with E-state index in [9.17, 15) is 10.1 Å². The number of amides is 1. The zero-order valence-electron chi connectivity index (χ0n) is 23.1. The Kier molecular flexibility index (Phi) is 10.7. The van der Waals surface area contributed by atoms with E-state index in [1.807, 2.05) is 18.2 Å². The van der Waals surface area contributed by atoms with Crippen molar-refractivity contribution in [3.8, 4) is 23.3 Å². The predicted molar refractivity (Wildman–Crippen MR) is 175 cm³/mol. The number of hydrogen-bond donors (Lipinski definition) is 1. The van der Waals surface area contributed by atoms with E-state index >= 15 is 0 Å². The fraction of sp³-hybridized carbons (Fsp3) is 0.152. The van der Waals surface area contributed by atoms with Gasteiger partial charge in [0.05, 0.1) is 10.7 Å². The highest BCUT2D eigenvalue weighted by atomic mass is 127. The summed E-state index contributed by atoms with van der Waals surface area (Å²) < 4.78 is 18.2. The van der Waals surface area contributed by atoms with Gasteiger partial charge in [-0.1, -0.05) is 47.5 Å². The first-order valence-electron chi connectivity index (χ1n) is 12.8. The van der Waals surface area contributed by atoms with Crippen molar-refractivity contribution in [1.29, 1.82) is 5.26 Å². The number of aryl methyl sites for hydroxylation is 2. The van der Waals surface area contributed by atoms with Crippen molar-refractivity contribution in [2.24, 2.45) is 0 Å². The monoisotopic (exact) mass is 712 g/mol. The van der Waals surface area contributed by atoms with E-state index in [1.54, 1.807) is 55.6 Å². The quantitative estimate of drug-likeness (QED) is 0.101. The van der Waals surface area contributed by atoms with Crippen molar-refractivity contribution in [2.45, 2.75) is 27.1 Å². The number of anilines is 1. The molecule has 6 nitrogen and oxygen atoms in total. The van der Waals surface area contributed by atoms with Crippen LogP contribution in [0.1, 0.15) is 27.8 Å². The van der Waals surface area contributed by atoms with Gasteiger partial charge in [-0.2, -0.15) is 5.26 Å². The summed E-state index contributed by atoms with van der Waals surface area (Å²) in [6.45, 7) is 4.78. The van der Waals surface area contributed by atoms with Crippen molar-refractivity contribution < 1.29 is 19.0 Å². The van der Waals surface area contributed by atoms with Gasteiger partial charge in [-0.25, -0.2) is 0 Å². The smallest absolute Gasteiger partial charge is 0.266 e. The molecule has 0 aliphatic heterocycles. The second-order valence-corrected chi connectivity index (χ2v) is 11.4. The molecule has 4 rings (SSSR count). The van der Waals surface area contributed by atoms with Gasteiger partial charge in [0, 0.05) is 21.3 Å². The van der Waals surface area contributed by atoms with Gasteiger partial charge in [0.2, 0.25) is 0 Å². The van der Waals surface area contributed by atoms with Gasteiger partial charge < -0.3 is 19.5 Å². The highest BCUT2D eigenvalue weighted by Crippen LogP contribution is 2.35. The number of benzene rings is 4. The number of carbonyl (C=O) groups excluding carboxylic acids is 1. The Balaban J connectivity index is 1.42. The first-order valence-corrected chi connectivity index (χ1v) is 14.7. The van der Waals surface area contributed by atoms with Crippen molar-refractivity contribution >= 4 is 63.5 Å². The number of ether oxygens (including phenoxy) is 3. The number of nitriles is 1. The molecule has 0 saturated heterocycles. The van der Waals surface area contributed by atoms with Crippen LogP contribution >= 0.6 is 45.8 Å². The van der Waals surface area contributed by atoms with Crippen LogP contribution in [0.3, 0.4) is 0 Å². The Bertz CT molecular complexity index is 1680. The highest BCUT2D eigenvalue weighted by Gasteiger charge is 2.15. The van der Waals surface area contributed by atoms with E-state index in [-0.39, 0.29) is 12.2 Å². The van der Waals surface area contributed by atoms with E-state index in [1.165, 1.54) is 17.2 Å². The Morgan fingerprint density at radius 1 is 0.952 bits per heavy atom. The first kappa shape index (κ1) is 31.2. The third-order valence-corrected chi connectivity index (χ3v) is 7.79. The van der Waals surface area contributed by atoms with Crippen LogP contribution < -0.4 is 19.5 Å². The van der Waals surface area contributed by atoms with Crippen molar-refractivity contribution in [3.05, 3.63) is 120 Å². The molecule has 0 spiro atoms. The maximum absolute atomic E-state index is 12.9. The molecule has 9 heteroatoms. The summed E-state index contributed by atoms with van der Waals surface area (Å²) in [6, 6.07) is 23.8. The van der Waals surface area contributed by atoms with Gasteiger partial charge in [0.15, 0.2) is 11.5 Å². The molecule has 42 heavy (non-hydrogen) atoms. The van der Waals surface area contributed by atoms with E-state index in [0.29, 0.717) is 45.2 Å². The minimum Gasteiger partial charge on any atom is -0.493 e. The van der Waals surface area contributed by atoms with E-state index in [0.717, 1.165) is 14.7 Å². The second-order valence-electron chi connectivity index (χ2n) is 9.41. The fourth-order valence-electron chi connectivity index (χ4n) is 3.96. The van der Waals surface area contributed by atoms with Crippen LogP contribution in [0.4, 0.5) is 5.69 Å². The molecule has 4 aromatic carbocycles. The van der Waals surface area contributed by atoms with Crippen LogP contribution in [0.2, 0.25) is 10.0 Å². The fourth-order valence-corrected chi connectivity index (χ4v) is 5.20. The van der Waals surface area contributed by atoms with Crippen molar-refractivity contribution in [2.75, 3.05) is 12.4 Å². The van der Waals surface area contributed by atoms with Gasteiger partial charge >= 0.3 is 0 Å². The Labute approximate surface area is 269 Å². The minimum absolute atomic E-state index is 0.0608. The van der Waals surface area contributed by atoms with Gasteiger partial charge in [0.1, 0.15) is 30.6 Å². The van der Waals surface area contributed by atoms with Gasteiger partial charge in [-0.05, 0) is 113 Å². The highest BCUT2D eigenvalue weighted by molar-refractivity contribution is 14.1. The topological polar surface area (TPSA) is 80.6 Å². The summed E-state index contributed by atoms with van der Waals surface area (Å²) in [7, 11) is 1.55. The van der Waals surface area contributed by atoms with Crippen LogP contribution in [0.25, 0.3) is 6.08 Å². The number of halogens is 3. The van der Waals surface area contributed by atoms with Gasteiger partial charge in [0.25, 0.3) is 5.91 Å². The lowest BCUT2D eigenvalue weighted by Crippen LogP contribution is -2.13. The molecule has 0 atom stereocenters. The van der Waals surface area contributed by atoms with Gasteiger partial charge in [-0.15, -0.1) is 0 Å². The summed E-state index contributed by atoms with van der Waals surface area (Å²) in [6.07, 6.45) is 1.51. The van der Waals surface area contributed by atoms with Crippen LogP contribution in [0.15, 0.2) is 78.4 Å². The molecule has 0 aromatic heterocycles. The molecule has 0 radical (unpaired) electrons. The molecule has 214 valence electrons. The van der Waals surface area contributed by atoms with Crippen LogP contribution in [-0.4, -0.2) is 13.0 Å². The first-order chi connectivity index (χ1) is 20.2. The molecule has 1 N–H and O–H groups in total. The molecule has 0 bridgehead atoms. The SMILES string of the molecule is COc1cc(/C=C(\C#N)C(=O)Nc2ccc(OCc3ccc(Cl)cc3Cl)cc2)cc(I)c1OCc1ccc(C)c(C)c1. The second kappa shape index (κ2) is 14.5. The summed E-state index contributed by atoms with van der Waals surface area (Å²) in [5, 5.41) is 13.6. The van der Waals surface area contributed by atoms with Crippen LogP contribution in [0.5, 0.6) is 17.2 Å². The van der Waals surface area contributed by atoms with Crippen LogP contribution in [0, 0.1) is 28.7 Å². The number of nitrogens with zero attached hydrogens (tertiary/aromatic N) is 1. The molecule has 0 heterocycles. The maximum Gasteiger partial charge on any atom is 0.266 e. The summed E-state index contributed by atoms with van der Waals surface area (Å²) in [4.78, 5) is 12.9.